The molecule has 7 heteroatoms. The number of pyridine rings is 1. The smallest absolute Gasteiger partial charge is 0.416 e. The van der Waals surface area contributed by atoms with E-state index in [2.05, 4.69) is 6.92 Å². The molecule has 2 rings (SSSR count). The van der Waals surface area contributed by atoms with Crippen LogP contribution in [-0.4, -0.2) is 49.4 Å². The second kappa shape index (κ2) is 23.5. The number of ether oxygens (including phenoxy) is 3. The lowest BCUT2D eigenvalue weighted by molar-refractivity contribution is -0.694. The maximum absolute atomic E-state index is 12.6. The van der Waals surface area contributed by atoms with E-state index in [0.717, 1.165) is 36.5 Å². The Bertz CT molecular complexity index is 848. The van der Waals surface area contributed by atoms with Crippen LogP contribution in [0.5, 0.6) is 0 Å². The van der Waals surface area contributed by atoms with Gasteiger partial charge in [-0.25, -0.2) is 14.3 Å². The molecular weight excluding hydrogens is 528 g/mol. The van der Waals surface area contributed by atoms with Crippen LogP contribution in [0.4, 0.5) is 4.79 Å². The van der Waals surface area contributed by atoms with Gasteiger partial charge in [0.25, 0.3) is 0 Å². The summed E-state index contributed by atoms with van der Waals surface area (Å²) in [5.74, 6) is -0.00733. The fourth-order valence-electron chi connectivity index (χ4n) is 5.61. The highest BCUT2D eigenvalue weighted by atomic mass is 16.6. The summed E-state index contributed by atoms with van der Waals surface area (Å²) >= 11 is 0. The van der Waals surface area contributed by atoms with E-state index < -0.39 is 6.09 Å². The summed E-state index contributed by atoms with van der Waals surface area (Å²) in [6.45, 7) is 9.00. The first-order valence-electron chi connectivity index (χ1n) is 17.2. The Kier molecular flexibility index (Phi) is 20.2. The highest BCUT2D eigenvalue weighted by Crippen LogP contribution is 2.21. The summed E-state index contributed by atoms with van der Waals surface area (Å²) in [7, 11) is 0. The van der Waals surface area contributed by atoms with Crippen molar-refractivity contribution >= 4 is 12.0 Å². The van der Waals surface area contributed by atoms with Gasteiger partial charge in [-0.2, -0.15) is 0 Å². The van der Waals surface area contributed by atoms with E-state index in [0.29, 0.717) is 19.1 Å². The summed E-state index contributed by atoms with van der Waals surface area (Å²) in [5, 5.41) is 0. The lowest BCUT2D eigenvalue weighted by Gasteiger charge is -2.19. The first kappa shape index (κ1) is 36.2. The van der Waals surface area contributed by atoms with Gasteiger partial charge in [-0.1, -0.05) is 103 Å². The molecule has 1 saturated heterocycles. The van der Waals surface area contributed by atoms with Crippen molar-refractivity contribution in [2.24, 2.45) is 5.92 Å². The number of rotatable bonds is 24. The lowest BCUT2D eigenvalue weighted by atomic mass is 10.0. The molecule has 2 amide bonds. The first-order chi connectivity index (χ1) is 20.5. The van der Waals surface area contributed by atoms with E-state index in [9.17, 15) is 9.59 Å². The normalized spacial score (nSPS) is 16.5. The van der Waals surface area contributed by atoms with Crippen molar-refractivity contribution < 1.29 is 28.4 Å². The number of carbonyl (C=O) groups excluding carboxylic acids is 2. The molecule has 0 spiro atoms. The molecule has 1 aliphatic heterocycles. The molecular formula is C35H61N2O5+. The Balaban J connectivity index is 1.42. The lowest BCUT2D eigenvalue weighted by Crippen LogP contribution is -2.38. The van der Waals surface area contributed by atoms with Gasteiger partial charge in [0.2, 0.25) is 5.91 Å². The Morgan fingerprint density at radius 2 is 1.48 bits per heavy atom. The number of hydrogen-bond donors (Lipinski definition) is 0. The maximum atomic E-state index is 12.6. The van der Waals surface area contributed by atoms with E-state index >= 15 is 0 Å². The maximum Gasteiger partial charge on any atom is 0.416 e. The third-order valence-corrected chi connectivity index (χ3v) is 8.28. The molecule has 1 aromatic heterocycles. The quantitative estimate of drug-likeness (QED) is 0.0899. The summed E-state index contributed by atoms with van der Waals surface area (Å²) < 4.78 is 19.2. The third kappa shape index (κ3) is 16.6. The van der Waals surface area contributed by atoms with Crippen molar-refractivity contribution in [3.8, 4) is 0 Å². The molecule has 2 heterocycles. The van der Waals surface area contributed by atoms with Crippen LogP contribution >= 0.6 is 0 Å². The largest absolute Gasteiger partial charge is 0.446 e. The Hall–Kier alpha value is -1.99. The topological polar surface area (TPSA) is 69.0 Å². The minimum Gasteiger partial charge on any atom is -0.446 e. The number of aryl methyl sites for hydroxylation is 1. The molecule has 1 fully saturated rings. The van der Waals surface area contributed by atoms with Gasteiger partial charge < -0.3 is 14.2 Å². The molecule has 1 aliphatic rings. The van der Waals surface area contributed by atoms with E-state index in [-0.39, 0.29) is 25.2 Å². The second-order valence-electron chi connectivity index (χ2n) is 12.2. The third-order valence-electron chi connectivity index (χ3n) is 8.28. The van der Waals surface area contributed by atoms with Crippen LogP contribution in [0.1, 0.15) is 135 Å². The number of nitrogens with zero attached hydrogens (tertiary/aromatic N) is 2. The number of amides is 2. The monoisotopic (exact) mass is 589 g/mol. The molecule has 0 radical (unpaired) electrons. The van der Waals surface area contributed by atoms with Crippen molar-refractivity contribution in [3.63, 3.8) is 0 Å². The van der Waals surface area contributed by atoms with Gasteiger partial charge >= 0.3 is 6.09 Å². The van der Waals surface area contributed by atoms with E-state index in [1.54, 1.807) is 0 Å². The number of carbonyl (C=O) groups is 2. The molecule has 2 atom stereocenters. The molecule has 42 heavy (non-hydrogen) atoms. The number of unbranched alkanes of at least 4 members (excludes halogenated alkanes) is 15. The SMILES string of the molecule is CCCCCCCCCCCCCCCCCCOC[C@@H]1CO[C@@H](COC(=O)N(Cc2ccc[n+](CC)c2)C(C)=O)C1. The minimum absolute atomic E-state index is 0.147. The summed E-state index contributed by atoms with van der Waals surface area (Å²) in [5.41, 5.74) is 0.880. The zero-order valence-corrected chi connectivity index (χ0v) is 27.2. The van der Waals surface area contributed by atoms with E-state index in [4.69, 9.17) is 14.2 Å². The van der Waals surface area contributed by atoms with Gasteiger partial charge in [0.05, 0.1) is 25.9 Å². The average molecular weight is 590 g/mol. The fraction of sp³-hybridized carbons (Fsp3) is 0.800. The van der Waals surface area contributed by atoms with E-state index in [1.807, 2.05) is 36.0 Å². The Labute approximate surface area is 256 Å². The van der Waals surface area contributed by atoms with Crippen LogP contribution in [0.3, 0.4) is 0 Å². The minimum atomic E-state index is -0.624. The van der Waals surface area contributed by atoms with Gasteiger partial charge in [-0.05, 0) is 25.8 Å². The summed E-state index contributed by atoms with van der Waals surface area (Å²) in [6, 6.07) is 3.82. The number of aromatic nitrogens is 1. The molecule has 0 bridgehead atoms. The predicted molar refractivity (Wildman–Crippen MR) is 168 cm³/mol. The molecule has 0 aromatic carbocycles. The van der Waals surface area contributed by atoms with Crippen LogP contribution in [-0.2, 0) is 32.1 Å². The summed E-state index contributed by atoms with van der Waals surface area (Å²) in [4.78, 5) is 25.9. The zero-order chi connectivity index (χ0) is 30.3. The molecule has 0 saturated carbocycles. The first-order valence-corrected chi connectivity index (χ1v) is 17.2. The molecule has 0 N–H and O–H groups in total. The number of hydrogen-bond acceptors (Lipinski definition) is 5. The average Bonchev–Trinajstić information content (AvgIpc) is 3.45. The van der Waals surface area contributed by atoms with Crippen molar-refractivity contribution in [3.05, 3.63) is 30.1 Å². The molecule has 0 aliphatic carbocycles. The van der Waals surface area contributed by atoms with Crippen molar-refractivity contribution in [1.82, 2.24) is 4.90 Å². The predicted octanol–water partition coefficient (Wildman–Crippen LogP) is 8.16. The Morgan fingerprint density at radius 3 is 2.05 bits per heavy atom. The highest BCUT2D eigenvalue weighted by Gasteiger charge is 2.28. The molecule has 0 unspecified atom stereocenters. The van der Waals surface area contributed by atoms with Crippen molar-refractivity contribution in [1.29, 1.82) is 0 Å². The second-order valence-corrected chi connectivity index (χ2v) is 12.2. The van der Waals surface area contributed by atoms with E-state index in [1.165, 1.54) is 103 Å². The van der Waals surface area contributed by atoms with Crippen molar-refractivity contribution in [2.75, 3.05) is 26.4 Å². The Morgan fingerprint density at radius 1 is 0.881 bits per heavy atom. The van der Waals surface area contributed by atoms with Crippen LogP contribution in [0, 0.1) is 5.92 Å². The molecule has 240 valence electrons. The fourth-order valence-corrected chi connectivity index (χ4v) is 5.61. The van der Waals surface area contributed by atoms with Crippen LogP contribution in [0.25, 0.3) is 0 Å². The molecule has 1 aromatic rings. The van der Waals surface area contributed by atoms with Crippen molar-refractivity contribution in [2.45, 2.75) is 149 Å². The van der Waals surface area contributed by atoms with Crippen LogP contribution in [0.2, 0.25) is 0 Å². The summed E-state index contributed by atoms with van der Waals surface area (Å²) in [6.07, 6.45) is 25.9. The standard InChI is InChI=1S/C35H61N2O5/c1-4-6-7-8-9-10-11-12-13-14-15-16-17-18-19-20-24-40-28-33-25-34(41-29-33)30-42-35(39)37(31(3)38)27-32-22-21-23-36(5-2)26-32/h21-23,26,33-34H,4-20,24-25,27-30H2,1-3H3/q+1/t33-,34-/m1/s1. The van der Waals surface area contributed by atoms with Gasteiger partial charge in [0, 0.05) is 31.1 Å². The van der Waals surface area contributed by atoms with Crippen LogP contribution < -0.4 is 4.57 Å². The van der Waals surface area contributed by atoms with Crippen LogP contribution in [0.15, 0.2) is 24.5 Å². The van der Waals surface area contributed by atoms with Gasteiger partial charge in [-0.3, -0.25) is 4.79 Å². The zero-order valence-electron chi connectivity index (χ0n) is 27.2. The van der Waals surface area contributed by atoms with Gasteiger partial charge in [-0.15, -0.1) is 0 Å². The number of imide groups is 1. The van der Waals surface area contributed by atoms with Gasteiger partial charge in [0.15, 0.2) is 12.4 Å². The highest BCUT2D eigenvalue weighted by molar-refractivity contribution is 5.90. The van der Waals surface area contributed by atoms with Gasteiger partial charge in [0.1, 0.15) is 13.2 Å². The molecule has 7 nitrogen and oxygen atoms in total.